The van der Waals surface area contributed by atoms with E-state index in [2.05, 4.69) is 15.0 Å². The summed E-state index contributed by atoms with van der Waals surface area (Å²) in [4.78, 5) is 12.3. The van der Waals surface area contributed by atoms with Gasteiger partial charge in [0.05, 0.1) is 26.7 Å². The summed E-state index contributed by atoms with van der Waals surface area (Å²) in [7, 11) is 4.82. The van der Waals surface area contributed by atoms with Crippen LogP contribution in [0.5, 0.6) is 17.4 Å². The molecule has 0 aliphatic heterocycles. The third kappa shape index (κ3) is 2.40. The van der Waals surface area contributed by atoms with E-state index in [1.807, 2.05) is 36.5 Å². The number of hydrogen-bond donors (Lipinski definition) is 1. The van der Waals surface area contributed by atoms with Gasteiger partial charge in [0.2, 0.25) is 12.0 Å². The molecule has 3 aromatic heterocycles. The highest BCUT2D eigenvalue weighted by Crippen LogP contribution is 2.34. The number of nitrogens with one attached hydrogen (secondary N) is 1. The monoisotopic (exact) mass is 337 g/mol. The Morgan fingerprint density at radius 2 is 1.76 bits per heavy atom. The summed E-state index contributed by atoms with van der Waals surface area (Å²) in [5.74, 6) is 2.55. The molecule has 0 bridgehead atoms. The Hall–Kier alpha value is -3.35. The van der Waals surface area contributed by atoms with Crippen LogP contribution in [0.15, 0.2) is 42.9 Å². The van der Waals surface area contributed by atoms with Gasteiger partial charge in [0, 0.05) is 29.8 Å². The highest BCUT2D eigenvalue weighted by atomic mass is 16.5. The Morgan fingerprint density at radius 3 is 2.52 bits per heavy atom. The van der Waals surface area contributed by atoms with E-state index in [0.717, 1.165) is 21.9 Å². The molecule has 0 radical (unpaired) electrons. The first kappa shape index (κ1) is 15.2. The van der Waals surface area contributed by atoms with Gasteiger partial charge in [0.1, 0.15) is 0 Å². The van der Waals surface area contributed by atoms with E-state index in [4.69, 9.17) is 14.2 Å². The van der Waals surface area contributed by atoms with Crippen molar-refractivity contribution in [2.24, 2.45) is 0 Å². The second-order valence-electron chi connectivity index (χ2n) is 5.43. The summed E-state index contributed by atoms with van der Waals surface area (Å²) in [6.45, 7) is 0. The van der Waals surface area contributed by atoms with E-state index in [1.54, 1.807) is 32.2 Å². The fourth-order valence-electron chi connectivity index (χ4n) is 2.87. The summed E-state index contributed by atoms with van der Waals surface area (Å²) < 4.78 is 18.2. The molecule has 0 unspecified atom stereocenters. The van der Waals surface area contributed by atoms with Crippen molar-refractivity contribution in [3.8, 4) is 23.2 Å². The lowest BCUT2D eigenvalue weighted by atomic mass is 10.2. The number of pyridine rings is 1. The standard InChI is InChI=1S/C18H17N4O3/c1-23-14-8-12-13(9-15(14)24-2)20-10-22(18(12)25-3)16-5-4-11-6-7-19-17(11)21-16/h4-10H,1-3H3,(H,19,21)/q+1. The van der Waals surface area contributed by atoms with Gasteiger partial charge in [-0.2, -0.15) is 4.57 Å². The number of methoxy groups -OCH3 is 3. The maximum Gasteiger partial charge on any atom is 0.272 e. The third-order valence-corrected chi connectivity index (χ3v) is 4.10. The molecule has 4 aromatic rings. The normalized spacial score (nSPS) is 11.0. The molecule has 0 fully saturated rings. The first-order valence-electron chi connectivity index (χ1n) is 7.70. The number of hydrogen-bond acceptors (Lipinski definition) is 5. The van der Waals surface area contributed by atoms with E-state index in [1.165, 1.54) is 0 Å². The summed E-state index contributed by atoms with van der Waals surface area (Å²) in [5.41, 5.74) is 1.55. The van der Waals surface area contributed by atoms with Crippen LogP contribution >= 0.6 is 0 Å². The molecule has 7 heteroatoms. The van der Waals surface area contributed by atoms with Crippen molar-refractivity contribution < 1.29 is 18.8 Å². The van der Waals surface area contributed by atoms with E-state index in [-0.39, 0.29) is 0 Å². The molecule has 25 heavy (non-hydrogen) atoms. The Morgan fingerprint density at radius 1 is 0.960 bits per heavy atom. The molecule has 0 spiro atoms. The van der Waals surface area contributed by atoms with Crippen molar-refractivity contribution in [3.63, 3.8) is 0 Å². The maximum absolute atomic E-state index is 5.66. The zero-order chi connectivity index (χ0) is 17.4. The Bertz CT molecular complexity index is 1070. The Balaban J connectivity index is 1.97. The predicted molar refractivity (Wildman–Crippen MR) is 92.6 cm³/mol. The van der Waals surface area contributed by atoms with Crippen LogP contribution in [0.4, 0.5) is 0 Å². The van der Waals surface area contributed by atoms with Gasteiger partial charge in [0.25, 0.3) is 11.7 Å². The summed E-state index contributed by atoms with van der Waals surface area (Å²) in [5, 5.41) is 1.85. The van der Waals surface area contributed by atoms with Crippen LogP contribution in [0, 0.1) is 0 Å². The third-order valence-electron chi connectivity index (χ3n) is 4.10. The first-order valence-corrected chi connectivity index (χ1v) is 7.70. The van der Waals surface area contributed by atoms with Crippen molar-refractivity contribution in [1.82, 2.24) is 15.0 Å². The van der Waals surface area contributed by atoms with Crippen LogP contribution < -0.4 is 18.8 Å². The summed E-state index contributed by atoms with van der Waals surface area (Å²) >= 11 is 0. The van der Waals surface area contributed by atoms with Gasteiger partial charge in [-0.05, 0) is 12.1 Å². The minimum atomic E-state index is 0.612. The van der Waals surface area contributed by atoms with E-state index < -0.39 is 0 Å². The van der Waals surface area contributed by atoms with Gasteiger partial charge in [-0.15, -0.1) is 4.98 Å². The Kier molecular flexibility index (Phi) is 3.61. The minimum absolute atomic E-state index is 0.612. The van der Waals surface area contributed by atoms with Crippen molar-refractivity contribution in [2.45, 2.75) is 0 Å². The summed E-state index contributed by atoms with van der Waals surface area (Å²) in [6, 6.07) is 9.57. The molecule has 3 heterocycles. The van der Waals surface area contributed by atoms with Gasteiger partial charge in [-0.1, -0.05) is 4.98 Å². The lowest BCUT2D eigenvalue weighted by Gasteiger charge is -2.11. The molecule has 4 rings (SSSR count). The molecule has 0 saturated heterocycles. The van der Waals surface area contributed by atoms with Crippen LogP contribution in [-0.2, 0) is 0 Å². The topological polar surface area (TPSA) is 73.1 Å². The predicted octanol–water partition coefficient (Wildman–Crippen LogP) is 2.41. The van der Waals surface area contributed by atoms with E-state index in [0.29, 0.717) is 23.2 Å². The molecule has 1 N–H and O–H groups in total. The smallest absolute Gasteiger partial charge is 0.272 e. The second kappa shape index (κ2) is 5.94. The van der Waals surface area contributed by atoms with Crippen LogP contribution in [0.2, 0.25) is 0 Å². The first-order chi connectivity index (χ1) is 12.2. The lowest BCUT2D eigenvalue weighted by molar-refractivity contribution is -0.607. The van der Waals surface area contributed by atoms with Crippen LogP contribution in [0.3, 0.4) is 0 Å². The molecule has 0 aliphatic carbocycles. The number of benzene rings is 1. The van der Waals surface area contributed by atoms with Gasteiger partial charge < -0.3 is 19.2 Å². The Labute approximate surface area is 143 Å². The molecule has 0 amide bonds. The fraction of sp³-hybridized carbons (Fsp3) is 0.167. The molecular weight excluding hydrogens is 320 g/mol. The highest BCUT2D eigenvalue weighted by Gasteiger charge is 2.20. The molecule has 126 valence electrons. The number of H-pyrrole nitrogens is 1. The maximum atomic E-state index is 5.66. The lowest BCUT2D eigenvalue weighted by Crippen LogP contribution is -2.34. The number of nitrogens with zero attached hydrogens (tertiary/aromatic N) is 3. The van der Waals surface area contributed by atoms with Crippen molar-refractivity contribution in [2.75, 3.05) is 21.3 Å². The number of ether oxygens (including phenoxy) is 3. The summed E-state index contributed by atoms with van der Waals surface area (Å²) in [6.07, 6.45) is 3.54. The largest absolute Gasteiger partial charge is 0.493 e. The van der Waals surface area contributed by atoms with Gasteiger partial charge >= 0.3 is 0 Å². The molecular formula is C18H17N4O3+. The molecule has 0 atom stereocenters. The van der Waals surface area contributed by atoms with Gasteiger partial charge in [-0.25, -0.2) is 0 Å². The van der Waals surface area contributed by atoms with Crippen molar-refractivity contribution in [1.29, 1.82) is 0 Å². The highest BCUT2D eigenvalue weighted by molar-refractivity contribution is 5.86. The number of fused-ring (bicyclic) bond motifs is 2. The number of aromatic amines is 1. The quantitative estimate of drug-likeness (QED) is 0.579. The molecule has 1 aromatic carbocycles. The van der Waals surface area contributed by atoms with Crippen molar-refractivity contribution >= 4 is 21.9 Å². The SMILES string of the molecule is COc1cc2nc[n+](-c3ccc4cc[nH]c4n3)c(OC)c2cc1OC. The van der Waals surface area contributed by atoms with Crippen LogP contribution in [0.1, 0.15) is 0 Å². The zero-order valence-electron chi connectivity index (χ0n) is 14.1. The average Bonchev–Trinajstić information content (AvgIpc) is 3.13. The average molecular weight is 337 g/mol. The fourth-order valence-corrected chi connectivity index (χ4v) is 2.87. The van der Waals surface area contributed by atoms with Crippen LogP contribution in [-0.4, -0.2) is 36.3 Å². The molecule has 7 nitrogen and oxygen atoms in total. The molecule has 0 saturated carbocycles. The van der Waals surface area contributed by atoms with Gasteiger partial charge in [0.15, 0.2) is 17.0 Å². The van der Waals surface area contributed by atoms with E-state index >= 15 is 0 Å². The van der Waals surface area contributed by atoms with Crippen molar-refractivity contribution in [3.05, 3.63) is 42.9 Å². The molecule has 0 aliphatic rings. The van der Waals surface area contributed by atoms with E-state index in [9.17, 15) is 0 Å². The number of aromatic nitrogens is 4. The van der Waals surface area contributed by atoms with Crippen LogP contribution in [0.25, 0.3) is 27.8 Å². The minimum Gasteiger partial charge on any atom is -0.493 e. The van der Waals surface area contributed by atoms with Gasteiger partial charge in [-0.3, -0.25) is 0 Å². The second-order valence-corrected chi connectivity index (χ2v) is 5.43. The zero-order valence-corrected chi connectivity index (χ0v) is 14.1. The number of rotatable bonds is 4.